The minimum Gasteiger partial charge on any atom is -0.434 e. The van der Waals surface area contributed by atoms with E-state index in [1.165, 1.54) is 6.07 Å². The fourth-order valence-corrected chi connectivity index (χ4v) is 3.83. The van der Waals surface area contributed by atoms with Crippen LogP contribution in [0.3, 0.4) is 0 Å². The molecule has 2 aliphatic rings. The van der Waals surface area contributed by atoms with Gasteiger partial charge in [-0.15, -0.1) is 0 Å². The Balaban J connectivity index is 2.13. The topological polar surface area (TPSA) is 77.1 Å². The summed E-state index contributed by atoms with van der Waals surface area (Å²) in [7, 11) is 3.33. The van der Waals surface area contributed by atoms with Crippen molar-refractivity contribution in [1.29, 1.82) is 0 Å². The van der Waals surface area contributed by atoms with E-state index >= 15 is 0 Å². The van der Waals surface area contributed by atoms with Crippen molar-refractivity contribution in [3.05, 3.63) is 34.8 Å². The lowest BCUT2D eigenvalue weighted by Crippen LogP contribution is -2.53. The molecule has 0 unspecified atom stereocenters. The van der Waals surface area contributed by atoms with Gasteiger partial charge in [-0.25, -0.2) is 9.18 Å². The van der Waals surface area contributed by atoms with Gasteiger partial charge in [-0.3, -0.25) is 4.79 Å². The first kappa shape index (κ1) is 21.3. The number of hydrogen-bond donors (Lipinski definition) is 1. The monoisotopic (exact) mass is 403 g/mol. The largest absolute Gasteiger partial charge is 0.513 e. The minimum atomic E-state index is -0.888. The number of nitrogens with one attached hydrogen (secondary N) is 1. The van der Waals surface area contributed by atoms with Gasteiger partial charge in [-0.1, -0.05) is 18.4 Å². The molecule has 1 radical (unpaired) electrons. The number of halogens is 1. The number of rotatable bonds is 5. The van der Waals surface area contributed by atoms with E-state index in [2.05, 4.69) is 5.32 Å². The number of ether oxygens (including phenoxy) is 2. The van der Waals surface area contributed by atoms with E-state index in [-0.39, 0.29) is 17.9 Å². The van der Waals surface area contributed by atoms with E-state index in [1.54, 1.807) is 46.2 Å². The van der Waals surface area contributed by atoms with Gasteiger partial charge in [0, 0.05) is 13.1 Å². The molecule has 0 atom stereocenters. The van der Waals surface area contributed by atoms with Gasteiger partial charge < -0.3 is 19.6 Å². The van der Waals surface area contributed by atoms with Gasteiger partial charge in [0.1, 0.15) is 18.6 Å². The van der Waals surface area contributed by atoms with Crippen molar-refractivity contribution in [3.8, 4) is 0 Å². The summed E-state index contributed by atoms with van der Waals surface area (Å²) >= 11 is 0. The van der Waals surface area contributed by atoms with Gasteiger partial charge in [0.05, 0.1) is 19.3 Å². The first-order valence-electron chi connectivity index (χ1n) is 9.66. The number of benzene rings is 1. The standard InChI is InChI=1S/C20H25BFN2O5/c1-5-28-19(26)29-17-16(14-10-13(21-3)11-15(22)12(14)2)18(25)23-20(17)6-8-24(27-4)9-7-20/h10-11H,5-9H2,1-4H3,(H,23,25). The lowest BCUT2D eigenvalue weighted by Gasteiger charge is -2.38. The second-order valence-electron chi connectivity index (χ2n) is 7.10. The molecule has 29 heavy (non-hydrogen) atoms. The summed E-state index contributed by atoms with van der Waals surface area (Å²) in [6.07, 6.45) is 0.0686. The number of nitrogens with zero attached hydrogens (tertiary/aromatic N) is 1. The molecule has 0 saturated carbocycles. The lowest BCUT2D eigenvalue weighted by atomic mass is 9.72. The summed E-state index contributed by atoms with van der Waals surface area (Å²) < 4.78 is 25.0. The molecule has 1 N–H and O–H groups in total. The summed E-state index contributed by atoms with van der Waals surface area (Å²) in [5.74, 6) is -0.639. The van der Waals surface area contributed by atoms with Gasteiger partial charge in [-0.05, 0) is 43.9 Å². The zero-order valence-corrected chi connectivity index (χ0v) is 17.1. The van der Waals surface area contributed by atoms with Crippen LogP contribution in [0.5, 0.6) is 0 Å². The Morgan fingerprint density at radius 2 is 2.03 bits per heavy atom. The smallest absolute Gasteiger partial charge is 0.434 e. The van der Waals surface area contributed by atoms with Crippen LogP contribution in [-0.4, -0.2) is 56.8 Å². The molecule has 1 aromatic carbocycles. The van der Waals surface area contributed by atoms with Crippen molar-refractivity contribution in [2.24, 2.45) is 0 Å². The molecule has 9 heteroatoms. The Labute approximate surface area is 170 Å². The zero-order valence-electron chi connectivity index (χ0n) is 17.1. The summed E-state index contributed by atoms with van der Waals surface area (Å²) in [5.41, 5.74) is 0.652. The van der Waals surface area contributed by atoms with Gasteiger partial charge in [0.25, 0.3) is 5.91 Å². The van der Waals surface area contributed by atoms with E-state index in [0.717, 1.165) is 0 Å². The number of piperidine rings is 1. The van der Waals surface area contributed by atoms with E-state index in [9.17, 15) is 14.0 Å². The molecule has 0 aliphatic carbocycles. The van der Waals surface area contributed by atoms with Crippen LogP contribution in [0, 0.1) is 12.7 Å². The fraction of sp³-hybridized carbons (Fsp3) is 0.500. The third-order valence-electron chi connectivity index (χ3n) is 5.49. The molecule has 0 bridgehead atoms. The molecular formula is C20H25BFN2O5. The number of amides is 1. The van der Waals surface area contributed by atoms with Gasteiger partial charge in [0.15, 0.2) is 5.76 Å². The number of hydroxylamine groups is 2. The molecule has 3 rings (SSSR count). The maximum Gasteiger partial charge on any atom is 0.513 e. The minimum absolute atomic E-state index is 0.140. The molecule has 7 nitrogen and oxygen atoms in total. The Morgan fingerprint density at radius 3 is 2.62 bits per heavy atom. The Kier molecular flexibility index (Phi) is 6.28. The third-order valence-corrected chi connectivity index (χ3v) is 5.49. The maximum atomic E-state index is 14.5. The van der Waals surface area contributed by atoms with Gasteiger partial charge in [0.2, 0.25) is 0 Å². The van der Waals surface area contributed by atoms with Crippen molar-refractivity contribution in [2.45, 2.75) is 39.1 Å². The highest BCUT2D eigenvalue weighted by atomic mass is 19.1. The van der Waals surface area contributed by atoms with Crippen molar-refractivity contribution in [3.63, 3.8) is 0 Å². The predicted octanol–water partition coefficient (Wildman–Crippen LogP) is 1.92. The average molecular weight is 403 g/mol. The van der Waals surface area contributed by atoms with Crippen LogP contribution >= 0.6 is 0 Å². The van der Waals surface area contributed by atoms with Crippen LogP contribution < -0.4 is 10.8 Å². The lowest BCUT2D eigenvalue weighted by molar-refractivity contribution is -0.152. The molecule has 155 valence electrons. The van der Waals surface area contributed by atoms with Crippen LogP contribution in [0.1, 0.15) is 30.9 Å². The van der Waals surface area contributed by atoms with Crippen LogP contribution in [0.25, 0.3) is 5.57 Å². The molecule has 2 heterocycles. The van der Waals surface area contributed by atoms with Crippen molar-refractivity contribution >= 4 is 30.4 Å². The normalized spacial score (nSPS) is 18.7. The first-order valence-corrected chi connectivity index (χ1v) is 9.66. The summed E-state index contributed by atoms with van der Waals surface area (Å²) in [5, 5.41) is 4.76. The van der Waals surface area contributed by atoms with Gasteiger partial charge >= 0.3 is 6.16 Å². The highest BCUT2D eigenvalue weighted by Crippen LogP contribution is 2.41. The third kappa shape index (κ3) is 4.02. The Hall–Kier alpha value is -2.39. The molecule has 2 aliphatic heterocycles. The van der Waals surface area contributed by atoms with Crippen LogP contribution in [0.2, 0.25) is 6.82 Å². The van der Waals surface area contributed by atoms with Crippen molar-refractivity contribution < 1.29 is 28.3 Å². The number of carbonyl (C=O) groups excluding carboxylic acids is 2. The van der Waals surface area contributed by atoms with E-state index < -0.39 is 23.4 Å². The molecule has 1 fully saturated rings. The molecule has 1 amide bonds. The highest BCUT2D eigenvalue weighted by Gasteiger charge is 2.50. The van der Waals surface area contributed by atoms with Crippen LogP contribution in [-0.2, 0) is 19.1 Å². The number of hydrogen-bond acceptors (Lipinski definition) is 6. The maximum absolute atomic E-state index is 14.5. The van der Waals surface area contributed by atoms with E-state index in [1.807, 2.05) is 0 Å². The predicted molar refractivity (Wildman–Crippen MR) is 106 cm³/mol. The first-order chi connectivity index (χ1) is 13.8. The van der Waals surface area contributed by atoms with Gasteiger partial charge in [-0.2, -0.15) is 5.06 Å². The number of carbonyl (C=O) groups is 2. The quantitative estimate of drug-likeness (QED) is 0.598. The van der Waals surface area contributed by atoms with Crippen molar-refractivity contribution in [1.82, 2.24) is 10.4 Å². The average Bonchev–Trinajstić information content (AvgIpc) is 2.95. The summed E-state index contributed by atoms with van der Waals surface area (Å²) in [6, 6.07) is 3.14. The molecule has 1 spiro atoms. The summed E-state index contributed by atoms with van der Waals surface area (Å²) in [4.78, 5) is 30.5. The summed E-state index contributed by atoms with van der Waals surface area (Å²) in [6.45, 7) is 6.27. The van der Waals surface area contributed by atoms with Crippen molar-refractivity contribution in [2.75, 3.05) is 26.8 Å². The molecule has 1 aromatic rings. The van der Waals surface area contributed by atoms with Crippen LogP contribution in [0.4, 0.5) is 9.18 Å². The second-order valence-corrected chi connectivity index (χ2v) is 7.10. The fourth-order valence-electron chi connectivity index (χ4n) is 3.83. The van der Waals surface area contributed by atoms with E-state index in [0.29, 0.717) is 42.5 Å². The zero-order chi connectivity index (χ0) is 21.2. The molecule has 0 aromatic heterocycles. The van der Waals surface area contributed by atoms with Crippen LogP contribution in [0.15, 0.2) is 17.9 Å². The molecular weight excluding hydrogens is 378 g/mol. The van der Waals surface area contributed by atoms with E-state index in [4.69, 9.17) is 14.3 Å². The Bertz CT molecular complexity index is 850. The second kappa shape index (κ2) is 8.55. The highest BCUT2D eigenvalue weighted by molar-refractivity contribution is 6.52. The molecule has 1 saturated heterocycles. The Morgan fingerprint density at radius 1 is 1.34 bits per heavy atom. The SMILES string of the molecule is C[B]c1cc(F)c(C)c(C2=C(OC(=O)OCC)C3(CCN(OC)CC3)NC2=O)c1.